The van der Waals surface area contributed by atoms with Gasteiger partial charge in [0.15, 0.2) is 5.96 Å². The molecule has 1 aromatic rings. The lowest BCUT2D eigenvalue weighted by atomic mass is 10.1. The van der Waals surface area contributed by atoms with Gasteiger partial charge in [0.2, 0.25) is 0 Å². The predicted molar refractivity (Wildman–Crippen MR) is 127 cm³/mol. The maximum absolute atomic E-state index is 6.03. The van der Waals surface area contributed by atoms with E-state index < -0.39 is 0 Å². The number of halogens is 1. The van der Waals surface area contributed by atoms with Crippen LogP contribution in [0, 0.1) is 0 Å². The van der Waals surface area contributed by atoms with Crippen molar-refractivity contribution in [3.63, 3.8) is 0 Å². The number of rotatable bonds is 7. The summed E-state index contributed by atoms with van der Waals surface area (Å²) in [6.07, 6.45) is 12.7. The second kappa shape index (κ2) is 13.2. The van der Waals surface area contributed by atoms with Gasteiger partial charge in [0.05, 0.1) is 12.7 Å². The molecule has 0 amide bonds. The molecule has 2 N–H and O–H groups in total. The molecule has 3 rings (SSSR count). The zero-order chi connectivity index (χ0) is 18.7. The Kier molecular flexibility index (Phi) is 10.9. The van der Waals surface area contributed by atoms with Crippen molar-refractivity contribution >= 4 is 35.8 Å². The van der Waals surface area contributed by atoms with Gasteiger partial charge in [0.1, 0.15) is 5.82 Å². The summed E-state index contributed by atoms with van der Waals surface area (Å²) in [5, 5.41) is 6.74. The number of hydrogen-bond acceptors (Lipinski definition) is 4. The van der Waals surface area contributed by atoms with E-state index in [2.05, 4.69) is 37.6 Å². The zero-order valence-corrected chi connectivity index (χ0v) is 19.5. The third kappa shape index (κ3) is 7.73. The highest BCUT2D eigenvalue weighted by Crippen LogP contribution is 2.20. The van der Waals surface area contributed by atoms with Gasteiger partial charge >= 0.3 is 0 Å². The molecule has 0 radical (unpaired) electrons. The average molecular weight is 501 g/mol. The summed E-state index contributed by atoms with van der Waals surface area (Å²) in [6, 6.07) is 4.25. The Labute approximate surface area is 186 Å². The van der Waals surface area contributed by atoms with E-state index in [1.54, 1.807) is 0 Å². The highest BCUT2D eigenvalue weighted by atomic mass is 127. The maximum Gasteiger partial charge on any atom is 0.191 e. The van der Waals surface area contributed by atoms with E-state index >= 15 is 0 Å². The SMILES string of the molecule is CN=C(NCCOC1CCCCCC1)NCc1ccnc(N2CCCC2)c1.I. The van der Waals surface area contributed by atoms with Gasteiger partial charge in [-0.15, -0.1) is 24.0 Å². The topological polar surface area (TPSA) is 61.8 Å². The first-order valence-corrected chi connectivity index (χ1v) is 10.6. The predicted octanol–water partition coefficient (Wildman–Crippen LogP) is 3.70. The second-order valence-corrected chi connectivity index (χ2v) is 7.55. The number of guanidine groups is 1. The van der Waals surface area contributed by atoms with Crippen LogP contribution >= 0.6 is 24.0 Å². The molecule has 0 atom stereocenters. The van der Waals surface area contributed by atoms with Gasteiger partial charge < -0.3 is 20.3 Å². The zero-order valence-electron chi connectivity index (χ0n) is 17.2. The Balaban J connectivity index is 0.00000280. The van der Waals surface area contributed by atoms with Crippen LogP contribution in [0.4, 0.5) is 5.82 Å². The number of hydrogen-bond donors (Lipinski definition) is 2. The number of ether oxygens (including phenoxy) is 1. The van der Waals surface area contributed by atoms with E-state index in [0.29, 0.717) is 6.10 Å². The molecule has 158 valence electrons. The second-order valence-electron chi connectivity index (χ2n) is 7.55. The molecular weight excluding hydrogens is 465 g/mol. The third-order valence-corrected chi connectivity index (χ3v) is 5.47. The summed E-state index contributed by atoms with van der Waals surface area (Å²) in [5.41, 5.74) is 1.23. The van der Waals surface area contributed by atoms with Crippen molar-refractivity contribution < 1.29 is 4.74 Å². The molecule has 1 saturated carbocycles. The van der Waals surface area contributed by atoms with E-state index in [0.717, 1.165) is 44.6 Å². The first kappa shape index (κ1) is 23.2. The molecule has 0 aromatic carbocycles. The van der Waals surface area contributed by atoms with E-state index in [4.69, 9.17) is 4.74 Å². The first-order chi connectivity index (χ1) is 13.3. The van der Waals surface area contributed by atoms with Gasteiger partial charge in [-0.25, -0.2) is 4.98 Å². The fraction of sp³-hybridized carbons (Fsp3) is 0.714. The summed E-state index contributed by atoms with van der Waals surface area (Å²) < 4.78 is 6.03. The maximum atomic E-state index is 6.03. The standard InChI is InChI=1S/C21H35N5O.HI/c1-22-21(24-12-15-27-19-8-4-2-3-5-9-19)25-17-18-10-11-23-20(16-18)26-13-6-7-14-26;/h10-11,16,19H,2-9,12-15,17H2,1H3,(H2,22,24,25);1H. The molecule has 0 spiro atoms. The first-order valence-electron chi connectivity index (χ1n) is 10.6. The van der Waals surface area contributed by atoms with Crippen LogP contribution in [-0.2, 0) is 11.3 Å². The van der Waals surface area contributed by atoms with Crippen molar-refractivity contribution in [2.75, 3.05) is 38.2 Å². The van der Waals surface area contributed by atoms with Crippen LogP contribution in [0.5, 0.6) is 0 Å². The molecule has 28 heavy (non-hydrogen) atoms. The van der Waals surface area contributed by atoms with Crippen molar-refractivity contribution in [2.45, 2.75) is 64.0 Å². The molecular formula is C21H36IN5O. The summed E-state index contributed by atoms with van der Waals surface area (Å²) in [7, 11) is 1.81. The molecule has 6 nitrogen and oxygen atoms in total. The Morgan fingerprint density at radius 2 is 1.89 bits per heavy atom. The lowest BCUT2D eigenvalue weighted by Gasteiger charge is -2.18. The third-order valence-electron chi connectivity index (χ3n) is 5.47. The minimum absolute atomic E-state index is 0. The van der Waals surface area contributed by atoms with Gasteiger partial charge in [0, 0.05) is 39.4 Å². The van der Waals surface area contributed by atoms with Crippen LogP contribution in [-0.4, -0.2) is 50.3 Å². The van der Waals surface area contributed by atoms with Crippen molar-refractivity contribution in [1.29, 1.82) is 0 Å². The average Bonchev–Trinajstić information content (AvgIpc) is 3.12. The normalized spacial score (nSPS) is 18.5. The Morgan fingerprint density at radius 3 is 2.61 bits per heavy atom. The van der Waals surface area contributed by atoms with E-state index in [1.807, 2.05) is 13.2 Å². The Hall–Kier alpha value is -1.09. The Bertz CT molecular complexity index is 584. The highest BCUT2D eigenvalue weighted by Gasteiger charge is 2.14. The van der Waals surface area contributed by atoms with Crippen LogP contribution in [0.25, 0.3) is 0 Å². The van der Waals surface area contributed by atoms with Crippen molar-refractivity contribution in [2.24, 2.45) is 4.99 Å². The van der Waals surface area contributed by atoms with E-state index in [-0.39, 0.29) is 24.0 Å². The summed E-state index contributed by atoms with van der Waals surface area (Å²) in [6.45, 7) is 4.50. The number of pyridine rings is 1. The Morgan fingerprint density at radius 1 is 1.14 bits per heavy atom. The fourth-order valence-corrected chi connectivity index (χ4v) is 3.90. The number of aromatic nitrogens is 1. The van der Waals surface area contributed by atoms with E-state index in [9.17, 15) is 0 Å². The van der Waals surface area contributed by atoms with Crippen molar-refractivity contribution in [1.82, 2.24) is 15.6 Å². The van der Waals surface area contributed by atoms with Crippen LogP contribution in [0.15, 0.2) is 23.3 Å². The highest BCUT2D eigenvalue weighted by molar-refractivity contribution is 14.0. The molecule has 0 bridgehead atoms. The van der Waals surface area contributed by atoms with Crippen LogP contribution in [0.3, 0.4) is 0 Å². The van der Waals surface area contributed by atoms with Gasteiger partial charge in [-0.1, -0.05) is 25.7 Å². The lowest BCUT2D eigenvalue weighted by Crippen LogP contribution is -2.39. The van der Waals surface area contributed by atoms with Crippen molar-refractivity contribution in [3.05, 3.63) is 23.9 Å². The molecule has 2 aliphatic rings. The molecule has 1 aliphatic carbocycles. The monoisotopic (exact) mass is 501 g/mol. The fourth-order valence-electron chi connectivity index (χ4n) is 3.90. The quantitative estimate of drug-likeness (QED) is 0.196. The summed E-state index contributed by atoms with van der Waals surface area (Å²) in [5.74, 6) is 1.91. The number of anilines is 1. The molecule has 2 heterocycles. The number of nitrogens with zero attached hydrogens (tertiary/aromatic N) is 3. The van der Waals surface area contributed by atoms with E-state index in [1.165, 1.54) is 56.9 Å². The van der Waals surface area contributed by atoms with Crippen LogP contribution in [0.1, 0.15) is 56.9 Å². The molecule has 2 fully saturated rings. The van der Waals surface area contributed by atoms with Crippen LogP contribution < -0.4 is 15.5 Å². The number of aliphatic imine (C=N–C) groups is 1. The minimum Gasteiger partial charge on any atom is -0.376 e. The smallest absolute Gasteiger partial charge is 0.191 e. The minimum atomic E-state index is 0. The molecule has 0 unspecified atom stereocenters. The van der Waals surface area contributed by atoms with Gasteiger partial charge in [-0.05, 0) is 43.4 Å². The lowest BCUT2D eigenvalue weighted by molar-refractivity contribution is 0.0468. The van der Waals surface area contributed by atoms with Gasteiger partial charge in [0.25, 0.3) is 0 Å². The summed E-state index contributed by atoms with van der Waals surface area (Å²) >= 11 is 0. The molecule has 1 saturated heterocycles. The molecule has 1 aliphatic heterocycles. The largest absolute Gasteiger partial charge is 0.376 e. The number of nitrogens with one attached hydrogen (secondary N) is 2. The van der Waals surface area contributed by atoms with Crippen molar-refractivity contribution in [3.8, 4) is 0 Å². The molecule has 1 aromatic heterocycles. The summed E-state index contributed by atoms with van der Waals surface area (Å²) in [4.78, 5) is 11.2. The van der Waals surface area contributed by atoms with Gasteiger partial charge in [-0.3, -0.25) is 4.99 Å². The van der Waals surface area contributed by atoms with Gasteiger partial charge in [-0.2, -0.15) is 0 Å². The van der Waals surface area contributed by atoms with Crippen LogP contribution in [0.2, 0.25) is 0 Å². The molecule has 7 heteroatoms.